The second kappa shape index (κ2) is 13.8. The molecule has 3 aromatic rings. The number of carboxylic acid groups (broad SMARTS) is 2. The van der Waals surface area contributed by atoms with Crippen molar-refractivity contribution in [1.82, 2.24) is 9.80 Å². The number of piperidine rings is 1. The minimum absolute atomic E-state index is 0.0180. The van der Waals surface area contributed by atoms with Gasteiger partial charge in [0.1, 0.15) is 0 Å². The van der Waals surface area contributed by atoms with Gasteiger partial charge in [-0.3, -0.25) is 0 Å². The summed E-state index contributed by atoms with van der Waals surface area (Å²) in [5.41, 5.74) is 2.66. The van der Waals surface area contributed by atoms with E-state index in [2.05, 4.69) is 65.6 Å². The second-order valence-corrected chi connectivity index (χ2v) is 12.8. The number of halogens is 2. The zero-order chi connectivity index (χ0) is 32.3. The highest BCUT2D eigenvalue weighted by atomic mass is 35.5. The first-order chi connectivity index (χ1) is 21.6. The van der Waals surface area contributed by atoms with E-state index in [1.54, 1.807) is 39.0 Å². The smallest absolute Gasteiger partial charge is 0.334 e. The van der Waals surface area contributed by atoms with Gasteiger partial charge in [0, 0.05) is 30.4 Å². The Morgan fingerprint density at radius 1 is 0.800 bits per heavy atom. The second-order valence-electron chi connectivity index (χ2n) is 12.0. The van der Waals surface area contributed by atoms with Gasteiger partial charge in [0.15, 0.2) is 0 Å². The average molecular weight is 648 g/mol. The number of allylic oxidation sites excluding steroid dienone is 2. The number of benzene rings is 3. The quantitative estimate of drug-likeness (QED) is 0.231. The minimum atomic E-state index is -1.47. The van der Waals surface area contributed by atoms with E-state index in [0.717, 1.165) is 25.9 Å². The van der Waals surface area contributed by atoms with Crippen LogP contribution < -0.4 is 0 Å². The first-order valence-corrected chi connectivity index (χ1v) is 16.3. The summed E-state index contributed by atoms with van der Waals surface area (Å²) in [6.45, 7) is 8.31. The van der Waals surface area contributed by atoms with E-state index in [0.29, 0.717) is 41.9 Å². The summed E-state index contributed by atoms with van der Waals surface area (Å²) < 4.78 is 0. The van der Waals surface area contributed by atoms with Crippen LogP contribution in [-0.2, 0) is 15.0 Å². The molecule has 0 aliphatic carbocycles. The van der Waals surface area contributed by atoms with Crippen LogP contribution in [-0.4, -0.2) is 58.1 Å². The van der Waals surface area contributed by atoms with Crippen molar-refractivity contribution in [2.75, 3.05) is 26.2 Å². The summed E-state index contributed by atoms with van der Waals surface area (Å²) in [4.78, 5) is 30.2. The van der Waals surface area contributed by atoms with E-state index in [-0.39, 0.29) is 27.6 Å². The predicted molar refractivity (Wildman–Crippen MR) is 180 cm³/mol. The lowest BCUT2D eigenvalue weighted by molar-refractivity contribution is -0.134. The maximum absolute atomic E-state index is 13.0. The van der Waals surface area contributed by atoms with Crippen molar-refractivity contribution < 1.29 is 19.8 Å². The fourth-order valence-electron chi connectivity index (χ4n) is 7.73. The fraction of sp³-hybridized carbons (Fsp3) is 0.351. The highest BCUT2D eigenvalue weighted by Crippen LogP contribution is 2.52. The van der Waals surface area contributed by atoms with Crippen LogP contribution in [0.2, 0.25) is 10.0 Å². The Balaban J connectivity index is 1.40. The van der Waals surface area contributed by atoms with Gasteiger partial charge in [-0.15, -0.1) is 0 Å². The molecule has 6 nitrogen and oxygen atoms in total. The Morgan fingerprint density at radius 3 is 1.78 bits per heavy atom. The molecule has 8 heteroatoms. The van der Waals surface area contributed by atoms with Gasteiger partial charge in [0.05, 0.1) is 26.6 Å². The summed E-state index contributed by atoms with van der Waals surface area (Å²) in [5.74, 6) is -1.52. The molecule has 1 fully saturated rings. The van der Waals surface area contributed by atoms with Crippen LogP contribution in [0.25, 0.3) is 0 Å². The van der Waals surface area contributed by atoms with E-state index in [4.69, 9.17) is 23.2 Å². The average Bonchev–Trinajstić information content (AvgIpc) is 3.03. The third-order valence-corrected chi connectivity index (χ3v) is 10.6. The lowest BCUT2D eigenvalue weighted by Gasteiger charge is -2.45. The molecule has 2 heterocycles. The molecule has 45 heavy (non-hydrogen) atoms. The van der Waals surface area contributed by atoms with Crippen molar-refractivity contribution in [1.29, 1.82) is 0 Å². The Hall–Kier alpha value is -3.58. The Labute approximate surface area is 275 Å². The van der Waals surface area contributed by atoms with Crippen LogP contribution in [0.5, 0.6) is 0 Å². The van der Waals surface area contributed by atoms with Gasteiger partial charge >= 0.3 is 11.9 Å². The zero-order valence-corrected chi connectivity index (χ0v) is 27.5. The third kappa shape index (κ3) is 6.16. The van der Waals surface area contributed by atoms with Gasteiger partial charge < -0.3 is 20.0 Å². The summed E-state index contributed by atoms with van der Waals surface area (Å²) in [6, 6.07) is 26.4. The van der Waals surface area contributed by atoms with Crippen molar-refractivity contribution in [3.05, 3.63) is 128 Å². The molecule has 0 radical (unpaired) electrons. The minimum Gasteiger partial charge on any atom is -0.478 e. The molecule has 236 valence electrons. The van der Waals surface area contributed by atoms with E-state index in [9.17, 15) is 19.8 Å². The zero-order valence-electron chi connectivity index (χ0n) is 26.0. The number of aliphatic carboxylic acids is 2. The molecule has 5 rings (SSSR count). The van der Waals surface area contributed by atoms with E-state index >= 15 is 0 Å². The number of carbonyl (C=O) groups is 2. The summed E-state index contributed by atoms with van der Waals surface area (Å²) in [5, 5.41) is 21.6. The molecule has 0 bridgehead atoms. The van der Waals surface area contributed by atoms with E-state index in [1.807, 2.05) is 4.90 Å². The van der Waals surface area contributed by atoms with Crippen molar-refractivity contribution >= 4 is 35.1 Å². The Morgan fingerprint density at radius 2 is 1.31 bits per heavy atom. The van der Waals surface area contributed by atoms with E-state index in [1.165, 1.54) is 11.1 Å². The number of hydrogen-bond acceptors (Lipinski definition) is 4. The van der Waals surface area contributed by atoms with Gasteiger partial charge in [-0.25, -0.2) is 9.59 Å². The van der Waals surface area contributed by atoms with Crippen molar-refractivity contribution in [2.45, 2.75) is 51.4 Å². The van der Waals surface area contributed by atoms with Crippen LogP contribution in [0.15, 0.2) is 101 Å². The lowest BCUT2D eigenvalue weighted by Crippen LogP contribution is -2.47. The molecule has 0 atom stereocenters. The fourth-order valence-corrected chi connectivity index (χ4v) is 8.19. The maximum atomic E-state index is 13.0. The maximum Gasteiger partial charge on any atom is 0.334 e. The third-order valence-electron chi connectivity index (χ3n) is 9.82. The van der Waals surface area contributed by atoms with Crippen LogP contribution in [0.1, 0.15) is 62.6 Å². The monoisotopic (exact) mass is 646 g/mol. The molecule has 3 aromatic carbocycles. The number of rotatable bonds is 10. The molecular weight excluding hydrogens is 607 g/mol. The number of nitrogens with zero attached hydrogens (tertiary/aromatic N) is 2. The Kier molecular flexibility index (Phi) is 10.1. The highest BCUT2D eigenvalue weighted by molar-refractivity contribution is 6.42. The Bertz CT molecular complexity index is 1530. The molecule has 2 aliphatic heterocycles. The van der Waals surface area contributed by atoms with Crippen LogP contribution >= 0.6 is 23.2 Å². The van der Waals surface area contributed by atoms with Crippen molar-refractivity contribution in [3.8, 4) is 0 Å². The summed E-state index contributed by atoms with van der Waals surface area (Å²) >= 11 is 13.0. The first-order valence-electron chi connectivity index (χ1n) is 15.5. The SMILES string of the molecule is CCC1(c2cccc(Cl)c2Cl)C(C(=O)O)=C(C)N(CCN2CCC(C(c3ccccc3)c3ccccc3)CC2)C(C)=C1C(=O)O. The number of carboxylic acids is 2. The van der Waals surface area contributed by atoms with Gasteiger partial charge in [-0.1, -0.05) is 103 Å². The molecule has 1 saturated heterocycles. The molecule has 0 amide bonds. The van der Waals surface area contributed by atoms with Crippen molar-refractivity contribution in [2.24, 2.45) is 5.92 Å². The van der Waals surface area contributed by atoms with Crippen LogP contribution in [0.4, 0.5) is 0 Å². The van der Waals surface area contributed by atoms with Crippen LogP contribution in [0, 0.1) is 5.92 Å². The summed E-state index contributed by atoms with van der Waals surface area (Å²) in [7, 11) is 0. The molecular formula is C37H40Cl2N2O4. The van der Waals surface area contributed by atoms with Gasteiger partial charge in [-0.05, 0) is 74.9 Å². The lowest BCUT2D eigenvalue weighted by atomic mass is 9.64. The van der Waals surface area contributed by atoms with Crippen molar-refractivity contribution in [3.63, 3.8) is 0 Å². The summed E-state index contributed by atoms with van der Waals surface area (Å²) in [6.07, 6.45) is 2.26. The molecule has 0 unspecified atom stereocenters. The topological polar surface area (TPSA) is 81.1 Å². The van der Waals surface area contributed by atoms with Crippen LogP contribution in [0.3, 0.4) is 0 Å². The normalized spacial score (nSPS) is 17.7. The molecule has 0 spiro atoms. The number of hydrogen-bond donors (Lipinski definition) is 2. The van der Waals surface area contributed by atoms with Gasteiger partial charge in [0.25, 0.3) is 0 Å². The largest absolute Gasteiger partial charge is 0.478 e. The van der Waals surface area contributed by atoms with E-state index < -0.39 is 17.4 Å². The van der Waals surface area contributed by atoms with Gasteiger partial charge in [0.2, 0.25) is 0 Å². The molecule has 0 aromatic heterocycles. The molecule has 2 aliphatic rings. The number of likely N-dealkylation sites (tertiary alicyclic amines) is 1. The molecule has 2 N–H and O–H groups in total. The standard InChI is InChI=1S/C37H40Cl2N2O4/c1-4-37(29-16-11-17-30(38)34(29)39)32(35(42)43)24(2)41(25(3)33(37)36(44)45)23-22-40-20-18-28(19-21-40)31(26-12-7-5-8-13-26)27-14-9-6-10-15-27/h5-17,28,31H,4,18-23H2,1-3H3,(H,42,43)(H,44,45). The predicted octanol–water partition coefficient (Wildman–Crippen LogP) is 8.22. The van der Waals surface area contributed by atoms with Gasteiger partial charge in [-0.2, -0.15) is 0 Å². The highest BCUT2D eigenvalue weighted by Gasteiger charge is 2.51. The molecule has 0 saturated carbocycles. The first kappa shape index (κ1) is 32.8.